The van der Waals surface area contributed by atoms with Gasteiger partial charge in [-0.15, -0.1) is 0 Å². The van der Waals surface area contributed by atoms with Crippen molar-refractivity contribution in [3.05, 3.63) is 35.4 Å². The van der Waals surface area contributed by atoms with Gasteiger partial charge in [0.1, 0.15) is 0 Å². The Hall–Kier alpha value is -1.00. The Labute approximate surface area is 108 Å². The summed E-state index contributed by atoms with van der Waals surface area (Å²) in [7, 11) is 0. The molecule has 1 aromatic carbocycles. The molecule has 2 N–H and O–H groups in total. The molecule has 0 aliphatic rings. The topological polar surface area (TPSA) is 29.3 Å². The highest BCUT2D eigenvalue weighted by Crippen LogP contribution is 2.18. The Kier molecular flexibility index (Phi) is 5.23. The maximum atomic E-state index is 13.2. The number of hydrogen-bond acceptors (Lipinski definition) is 2. The average Bonchev–Trinajstić information content (AvgIpc) is 2.33. The molecule has 0 bridgehead atoms. The third kappa shape index (κ3) is 3.75. The highest BCUT2D eigenvalue weighted by atomic mass is 19.2. The quantitative estimate of drug-likeness (QED) is 0.848. The molecule has 0 aromatic heterocycles. The van der Waals surface area contributed by atoms with Crippen molar-refractivity contribution in [2.75, 3.05) is 13.1 Å². The molecule has 18 heavy (non-hydrogen) atoms. The van der Waals surface area contributed by atoms with Crippen LogP contribution in [0.1, 0.15) is 32.8 Å². The van der Waals surface area contributed by atoms with Crippen LogP contribution in [0.2, 0.25) is 0 Å². The van der Waals surface area contributed by atoms with E-state index in [9.17, 15) is 8.78 Å². The Balaban J connectivity index is 2.86. The average molecular weight is 256 g/mol. The van der Waals surface area contributed by atoms with Gasteiger partial charge in [-0.25, -0.2) is 8.78 Å². The van der Waals surface area contributed by atoms with Crippen LogP contribution in [0.4, 0.5) is 8.78 Å². The Morgan fingerprint density at radius 3 is 2.39 bits per heavy atom. The van der Waals surface area contributed by atoms with E-state index < -0.39 is 11.6 Å². The molecule has 0 spiro atoms. The minimum atomic E-state index is -0.807. The molecular formula is C14H22F2N2. The molecule has 0 saturated heterocycles. The molecule has 0 saturated carbocycles. The molecule has 1 rings (SSSR count). The Morgan fingerprint density at radius 1 is 1.22 bits per heavy atom. The van der Waals surface area contributed by atoms with E-state index in [4.69, 9.17) is 5.73 Å². The Bertz CT molecular complexity index is 391. The molecule has 0 unspecified atom stereocenters. The number of nitrogens with zero attached hydrogens (tertiary/aromatic N) is 1. The first-order chi connectivity index (χ1) is 8.40. The lowest BCUT2D eigenvalue weighted by Gasteiger charge is -2.37. The number of nitrogens with two attached hydrogens (primary N) is 1. The van der Waals surface area contributed by atoms with Crippen LogP contribution in [0.15, 0.2) is 18.2 Å². The van der Waals surface area contributed by atoms with E-state index in [2.05, 4.69) is 25.7 Å². The molecule has 0 atom stereocenters. The van der Waals surface area contributed by atoms with Crippen molar-refractivity contribution < 1.29 is 8.78 Å². The molecule has 0 amide bonds. The maximum absolute atomic E-state index is 13.2. The molecule has 4 heteroatoms. The minimum absolute atomic E-state index is 0.152. The van der Waals surface area contributed by atoms with E-state index >= 15 is 0 Å². The van der Waals surface area contributed by atoms with Crippen LogP contribution >= 0.6 is 0 Å². The molecule has 1 aromatic rings. The summed E-state index contributed by atoms with van der Waals surface area (Å²) in [6.45, 7) is 8.19. The van der Waals surface area contributed by atoms with Crippen LogP contribution in [0.5, 0.6) is 0 Å². The third-order valence-electron chi connectivity index (χ3n) is 3.21. The van der Waals surface area contributed by atoms with Crippen LogP contribution < -0.4 is 5.73 Å². The van der Waals surface area contributed by atoms with Crippen LogP contribution in [0, 0.1) is 11.6 Å². The summed E-state index contributed by atoms with van der Waals surface area (Å²) < 4.78 is 26.1. The van der Waals surface area contributed by atoms with E-state index in [1.54, 1.807) is 6.07 Å². The maximum Gasteiger partial charge on any atom is 0.159 e. The monoisotopic (exact) mass is 256 g/mol. The third-order valence-corrected chi connectivity index (χ3v) is 3.21. The highest BCUT2D eigenvalue weighted by Gasteiger charge is 2.24. The lowest BCUT2D eigenvalue weighted by atomic mass is 10.0. The summed E-state index contributed by atoms with van der Waals surface area (Å²) >= 11 is 0. The Morgan fingerprint density at radius 2 is 1.89 bits per heavy atom. The van der Waals surface area contributed by atoms with Crippen molar-refractivity contribution >= 4 is 0 Å². The second-order valence-corrected chi connectivity index (χ2v) is 5.19. The molecule has 0 fully saturated rings. The number of rotatable bonds is 6. The van der Waals surface area contributed by atoms with Crippen molar-refractivity contribution in [1.29, 1.82) is 0 Å². The summed E-state index contributed by atoms with van der Waals surface area (Å²) in [6.07, 6.45) is 0.993. The van der Waals surface area contributed by atoms with Gasteiger partial charge in [0.2, 0.25) is 0 Å². The molecule has 0 heterocycles. The molecule has 0 radical (unpaired) electrons. The molecule has 102 valence electrons. The summed E-state index contributed by atoms with van der Waals surface area (Å²) in [5.41, 5.74) is 6.38. The summed E-state index contributed by atoms with van der Waals surface area (Å²) in [5, 5.41) is 0. The van der Waals surface area contributed by atoms with Gasteiger partial charge >= 0.3 is 0 Å². The first-order valence-electron chi connectivity index (χ1n) is 6.29. The van der Waals surface area contributed by atoms with Gasteiger partial charge in [-0.3, -0.25) is 4.90 Å². The van der Waals surface area contributed by atoms with Gasteiger partial charge < -0.3 is 5.73 Å². The van der Waals surface area contributed by atoms with E-state index in [0.717, 1.165) is 18.5 Å². The van der Waals surface area contributed by atoms with Crippen LogP contribution in [0.3, 0.4) is 0 Å². The van der Waals surface area contributed by atoms with Crippen molar-refractivity contribution in [1.82, 2.24) is 4.90 Å². The standard InChI is InChI=1S/C14H22F2N2/c1-4-7-18(14(2,3)10-17)9-11-5-6-12(15)13(16)8-11/h5-6,8H,4,7,9-10,17H2,1-3H3. The lowest BCUT2D eigenvalue weighted by Crippen LogP contribution is -2.49. The summed E-state index contributed by atoms with van der Waals surface area (Å²) in [4.78, 5) is 2.19. The van der Waals surface area contributed by atoms with Gasteiger partial charge in [0, 0.05) is 18.6 Å². The fourth-order valence-corrected chi connectivity index (χ4v) is 1.85. The lowest BCUT2D eigenvalue weighted by molar-refractivity contribution is 0.118. The second kappa shape index (κ2) is 6.25. The van der Waals surface area contributed by atoms with Gasteiger partial charge in [-0.2, -0.15) is 0 Å². The first-order valence-corrected chi connectivity index (χ1v) is 6.29. The molecular weight excluding hydrogens is 234 g/mol. The van der Waals surface area contributed by atoms with Gasteiger partial charge in [0.25, 0.3) is 0 Å². The van der Waals surface area contributed by atoms with Crippen LogP contribution in [-0.2, 0) is 6.54 Å². The molecule has 2 nitrogen and oxygen atoms in total. The number of hydrogen-bond donors (Lipinski definition) is 1. The zero-order valence-electron chi connectivity index (χ0n) is 11.3. The van der Waals surface area contributed by atoms with E-state index in [1.165, 1.54) is 12.1 Å². The van der Waals surface area contributed by atoms with Gasteiger partial charge in [-0.05, 0) is 44.5 Å². The summed E-state index contributed by atoms with van der Waals surface area (Å²) in [5.74, 6) is -1.60. The van der Waals surface area contributed by atoms with E-state index in [1.807, 2.05) is 0 Å². The van der Waals surface area contributed by atoms with Gasteiger partial charge in [0.15, 0.2) is 11.6 Å². The van der Waals surface area contributed by atoms with Crippen molar-refractivity contribution in [3.8, 4) is 0 Å². The van der Waals surface area contributed by atoms with E-state index in [0.29, 0.717) is 13.1 Å². The zero-order chi connectivity index (χ0) is 13.8. The molecule has 0 aliphatic heterocycles. The predicted molar refractivity (Wildman–Crippen MR) is 70.2 cm³/mol. The minimum Gasteiger partial charge on any atom is -0.329 e. The largest absolute Gasteiger partial charge is 0.329 e. The van der Waals surface area contributed by atoms with E-state index in [-0.39, 0.29) is 5.54 Å². The first kappa shape index (κ1) is 15.1. The fourth-order valence-electron chi connectivity index (χ4n) is 1.85. The zero-order valence-corrected chi connectivity index (χ0v) is 11.3. The van der Waals surface area contributed by atoms with Crippen LogP contribution in [0.25, 0.3) is 0 Å². The summed E-state index contributed by atoms with van der Waals surface area (Å²) in [6, 6.07) is 4.04. The normalized spacial score (nSPS) is 12.2. The SMILES string of the molecule is CCCN(Cc1ccc(F)c(F)c1)C(C)(C)CN. The highest BCUT2D eigenvalue weighted by molar-refractivity contribution is 5.18. The smallest absolute Gasteiger partial charge is 0.159 e. The van der Waals surface area contributed by atoms with Gasteiger partial charge in [-0.1, -0.05) is 13.0 Å². The van der Waals surface area contributed by atoms with Crippen molar-refractivity contribution in [3.63, 3.8) is 0 Å². The van der Waals surface area contributed by atoms with Gasteiger partial charge in [0.05, 0.1) is 0 Å². The molecule has 0 aliphatic carbocycles. The number of benzene rings is 1. The van der Waals surface area contributed by atoms with Crippen molar-refractivity contribution in [2.45, 2.75) is 39.3 Å². The second-order valence-electron chi connectivity index (χ2n) is 5.19. The number of halogens is 2. The fraction of sp³-hybridized carbons (Fsp3) is 0.571. The van der Waals surface area contributed by atoms with Crippen LogP contribution in [-0.4, -0.2) is 23.5 Å². The van der Waals surface area contributed by atoms with Crippen molar-refractivity contribution in [2.24, 2.45) is 5.73 Å². The predicted octanol–water partition coefficient (Wildman–Crippen LogP) is 2.91.